The lowest BCUT2D eigenvalue weighted by Crippen LogP contribution is -2.11. The number of H-pyrrole nitrogens is 4. The third kappa shape index (κ3) is 22.7. The van der Waals surface area contributed by atoms with Gasteiger partial charge in [-0.3, -0.25) is 30.4 Å². The van der Waals surface area contributed by atoms with Gasteiger partial charge in [0.15, 0.2) is 29.0 Å². The van der Waals surface area contributed by atoms with Gasteiger partial charge in [-0.2, -0.15) is 20.4 Å². The van der Waals surface area contributed by atoms with Crippen LogP contribution in [0.15, 0.2) is 193 Å². The number of nitrogens with one attached hydrogen (secondary N) is 12. The van der Waals surface area contributed by atoms with Crippen LogP contribution in [0.4, 0.5) is 105 Å². The number of aromatic nitrogens is 18. The van der Waals surface area contributed by atoms with Crippen LogP contribution in [0.5, 0.6) is 0 Å². The molecular weight excluding hydrogens is 1520 g/mol. The van der Waals surface area contributed by atoms with E-state index in [1.165, 1.54) is 48.5 Å². The van der Waals surface area contributed by atoms with Gasteiger partial charge in [0.2, 0.25) is 0 Å². The minimum atomic E-state index is -0.615. The van der Waals surface area contributed by atoms with Crippen molar-refractivity contribution in [1.82, 2.24) is 90.6 Å². The molecule has 117 heavy (non-hydrogen) atoms. The Balaban J connectivity index is 0.000000144. The van der Waals surface area contributed by atoms with Gasteiger partial charge in [-0.15, -0.1) is 0 Å². The minimum absolute atomic E-state index is 0.0457. The SMILES string of the molecule is Cc1nc(Nc2cc(-c3ccccn3)[nH]n2)cc(NC(C)c2ccc(F)cc2F)n1.Cc1nc(Nc2cc(-c3ccco3)[nH]n2)cc(NC(C)c2ccc(F)cc2F)n1.Cc1nc(Nc2cc(-c3ccncc3)[nH]n2)cc(NC(C)c2ccc(F)cc2F)n1.Cc1nc(Nc2cc(C(C)(C)C)[nH]n2)cc(NC(C)c2ccc(F)cc2F)n1. The topological polar surface area (TPSA) is 353 Å². The maximum absolute atomic E-state index is 14.1. The molecule has 35 heteroatoms. The van der Waals surface area contributed by atoms with Crippen LogP contribution in [-0.4, -0.2) is 90.6 Å². The van der Waals surface area contributed by atoms with E-state index < -0.39 is 70.7 Å². The number of halogens is 8. The highest BCUT2D eigenvalue weighted by Crippen LogP contribution is 2.32. The number of hydrogen-bond acceptors (Lipinski definition) is 23. The molecule has 0 aliphatic carbocycles. The molecule has 0 fully saturated rings. The molecule has 0 aliphatic heterocycles. The Hall–Kier alpha value is -14.5. The van der Waals surface area contributed by atoms with Gasteiger partial charge in [0.1, 0.15) is 122 Å². The number of rotatable bonds is 23. The van der Waals surface area contributed by atoms with Gasteiger partial charge in [-0.25, -0.2) is 75.0 Å². The molecule has 0 bridgehead atoms. The summed E-state index contributed by atoms with van der Waals surface area (Å²) in [4.78, 5) is 43.1. The molecule has 4 atom stereocenters. The molecule has 0 saturated heterocycles. The van der Waals surface area contributed by atoms with Gasteiger partial charge in [0.25, 0.3) is 0 Å². The number of pyridine rings is 2. The Kier molecular flexibility index (Phi) is 25.9. The molecule has 0 saturated carbocycles. The van der Waals surface area contributed by atoms with E-state index in [0.717, 1.165) is 58.3 Å². The van der Waals surface area contributed by atoms with E-state index in [2.05, 4.69) is 154 Å². The van der Waals surface area contributed by atoms with Crippen molar-refractivity contribution in [2.24, 2.45) is 0 Å². The first kappa shape index (κ1) is 81.9. The quantitative estimate of drug-likeness (QED) is 0.0265. The molecule has 27 nitrogen and oxygen atoms in total. The van der Waals surface area contributed by atoms with E-state index in [-0.39, 0.29) is 5.41 Å². The lowest BCUT2D eigenvalue weighted by atomic mass is 9.92. The molecular formula is C82H80F8N26O. The van der Waals surface area contributed by atoms with Crippen LogP contribution in [0, 0.1) is 74.2 Å². The number of nitrogens with zero attached hydrogens (tertiary/aromatic N) is 14. The van der Waals surface area contributed by atoms with Crippen molar-refractivity contribution in [3.8, 4) is 34.1 Å². The Morgan fingerprint density at radius 1 is 0.333 bits per heavy atom. The fraction of sp³-hybridized carbons (Fsp3) is 0.195. The zero-order chi connectivity index (χ0) is 83.0. The van der Waals surface area contributed by atoms with Gasteiger partial charge in [-0.05, 0) is 116 Å². The molecule has 11 heterocycles. The zero-order valence-corrected chi connectivity index (χ0v) is 64.9. The predicted molar refractivity (Wildman–Crippen MR) is 431 cm³/mol. The van der Waals surface area contributed by atoms with Crippen LogP contribution in [-0.2, 0) is 5.41 Å². The van der Waals surface area contributed by atoms with E-state index in [9.17, 15) is 35.1 Å². The summed E-state index contributed by atoms with van der Waals surface area (Å²) in [5.74, 6) is 4.42. The molecule has 4 aromatic carbocycles. The monoisotopic (exact) mass is 1600 g/mol. The lowest BCUT2D eigenvalue weighted by Gasteiger charge is -2.17. The molecule has 0 radical (unpaired) electrons. The van der Waals surface area contributed by atoms with Crippen LogP contribution < -0.4 is 42.5 Å². The second kappa shape index (κ2) is 37.0. The zero-order valence-electron chi connectivity index (χ0n) is 64.9. The van der Waals surface area contributed by atoms with Gasteiger partial charge in [0, 0.05) is 130 Å². The third-order valence-corrected chi connectivity index (χ3v) is 17.4. The van der Waals surface area contributed by atoms with Crippen LogP contribution in [0.25, 0.3) is 34.1 Å². The Morgan fingerprint density at radius 2 is 0.675 bits per heavy atom. The lowest BCUT2D eigenvalue weighted by molar-refractivity contribution is 0.565. The number of anilines is 12. The molecule has 12 N–H and O–H groups in total. The maximum Gasteiger partial charge on any atom is 0.154 e. The van der Waals surface area contributed by atoms with E-state index in [1.54, 1.807) is 117 Å². The van der Waals surface area contributed by atoms with Crippen LogP contribution in [0.1, 0.15) is 124 Å². The van der Waals surface area contributed by atoms with Crippen LogP contribution >= 0.6 is 0 Å². The van der Waals surface area contributed by atoms with Crippen molar-refractivity contribution in [3.05, 3.63) is 286 Å². The van der Waals surface area contributed by atoms with Gasteiger partial charge in [-0.1, -0.05) is 51.1 Å². The first-order chi connectivity index (χ1) is 56.0. The summed E-state index contributed by atoms with van der Waals surface area (Å²) in [7, 11) is 0. The van der Waals surface area contributed by atoms with Gasteiger partial charge < -0.3 is 47.0 Å². The van der Waals surface area contributed by atoms with Crippen LogP contribution in [0.2, 0.25) is 0 Å². The number of aryl methyl sites for hydroxylation is 4. The highest BCUT2D eigenvalue weighted by atomic mass is 19.2. The molecule has 11 aromatic heterocycles. The largest absolute Gasteiger partial charge is 0.463 e. The van der Waals surface area contributed by atoms with Crippen molar-refractivity contribution in [2.45, 2.75) is 106 Å². The van der Waals surface area contributed by atoms with Crippen LogP contribution in [0.3, 0.4) is 0 Å². The Bertz CT molecular complexity index is 5660. The second-order valence-electron chi connectivity index (χ2n) is 27.7. The van der Waals surface area contributed by atoms with Crippen molar-refractivity contribution >= 4 is 69.8 Å². The molecule has 15 rings (SSSR count). The molecule has 0 amide bonds. The normalized spacial score (nSPS) is 12.1. The first-order valence-corrected chi connectivity index (χ1v) is 36.5. The fourth-order valence-electron chi connectivity index (χ4n) is 11.8. The van der Waals surface area contributed by atoms with E-state index in [0.29, 0.717) is 121 Å². The fourth-order valence-corrected chi connectivity index (χ4v) is 11.8. The summed E-state index contributed by atoms with van der Waals surface area (Å²) in [6, 6.07) is 39.6. The molecule has 15 aromatic rings. The number of benzene rings is 4. The number of furan rings is 1. The van der Waals surface area contributed by atoms with Gasteiger partial charge in [0.05, 0.1) is 47.5 Å². The summed E-state index contributed by atoms with van der Waals surface area (Å²) < 4.78 is 114. The highest BCUT2D eigenvalue weighted by Gasteiger charge is 2.22. The number of hydrogen-bond donors (Lipinski definition) is 12. The van der Waals surface area contributed by atoms with Crippen molar-refractivity contribution in [3.63, 3.8) is 0 Å². The van der Waals surface area contributed by atoms with E-state index >= 15 is 0 Å². The molecule has 0 spiro atoms. The Labute approximate surface area is 665 Å². The first-order valence-electron chi connectivity index (χ1n) is 36.5. The smallest absolute Gasteiger partial charge is 0.154 e. The van der Waals surface area contributed by atoms with Crippen molar-refractivity contribution in [2.75, 3.05) is 42.5 Å². The standard InChI is InChI=1S/2C21H19F2N7.C20H18F2N6O.C20H24F2N6/c1-12(16-4-3-15(22)9-17(16)23)25-19-11-20(27-13(2)26-19)28-21-10-18(29-30-21)14-5-7-24-8-6-14;1-12(15-7-6-14(22)9-16(15)23)25-19-11-20(27-13(2)26-19)28-21-10-18(29-30-21)17-5-3-4-8-24-17;1-11(14-6-5-13(21)8-15(14)22)23-18-10-19(25-12(2)24-18)26-20-9-16(27-28-20)17-4-3-7-29-17;1-11(14-7-6-13(21)8-15(14)22)23-17-10-18(25-12(2)24-17)26-19-9-16(27-28-19)20(3,4)5/h2*3-12H,1-2H3,(H3,25,26,27,28,29,30);3-11H,1-2H3,(H3,23,24,25,26,27,28);6-11H,1-5H3,(H3,23,24,25,26,27,28). The third-order valence-electron chi connectivity index (χ3n) is 17.4. The van der Waals surface area contributed by atoms with E-state index in [1.807, 2.05) is 54.6 Å². The maximum atomic E-state index is 14.1. The summed E-state index contributed by atoms with van der Waals surface area (Å²) in [6.45, 7) is 20.4. The average molecular weight is 1600 g/mol. The summed E-state index contributed by atoms with van der Waals surface area (Å²) in [5.41, 5.74) is 6.40. The van der Waals surface area contributed by atoms with E-state index in [4.69, 9.17) is 4.42 Å². The summed E-state index contributed by atoms with van der Waals surface area (Å²) in [6.07, 6.45) is 6.71. The minimum Gasteiger partial charge on any atom is -0.463 e. The Morgan fingerprint density at radius 3 is 1.02 bits per heavy atom. The molecule has 600 valence electrons. The molecule has 4 unspecified atom stereocenters. The number of aromatic amines is 4. The van der Waals surface area contributed by atoms with Gasteiger partial charge >= 0.3 is 0 Å². The molecule has 0 aliphatic rings. The highest BCUT2D eigenvalue weighted by molar-refractivity contribution is 5.67. The predicted octanol–water partition coefficient (Wildman–Crippen LogP) is 19.5. The summed E-state index contributed by atoms with van der Waals surface area (Å²) in [5, 5.41) is 53.7. The van der Waals surface area contributed by atoms with Crippen molar-refractivity contribution in [1.29, 1.82) is 0 Å². The summed E-state index contributed by atoms with van der Waals surface area (Å²) >= 11 is 0. The average Bonchev–Trinajstić information content (AvgIpc) is 1.84. The van der Waals surface area contributed by atoms with Crippen molar-refractivity contribution < 1.29 is 39.5 Å². The second-order valence-corrected chi connectivity index (χ2v) is 27.7.